The lowest BCUT2D eigenvalue weighted by molar-refractivity contribution is 0.783. The Morgan fingerprint density at radius 3 is 1.81 bits per heavy atom. The number of aryl methyl sites for hydroxylation is 1. The number of nitrogens with zero attached hydrogens (tertiary/aromatic N) is 6. The van der Waals surface area contributed by atoms with Crippen molar-refractivity contribution in [3.63, 3.8) is 0 Å². The maximum atomic E-state index is 6.27. The van der Waals surface area contributed by atoms with Gasteiger partial charge in [-0.05, 0) is 48.2 Å². The molecule has 2 aromatic carbocycles. The molecule has 0 unspecified atom stereocenters. The maximum absolute atomic E-state index is 6.27. The molecule has 0 bridgehead atoms. The number of hydrogen-bond acceptors (Lipinski definition) is 8. The topological polar surface area (TPSA) is 93.4 Å². The summed E-state index contributed by atoms with van der Waals surface area (Å²) in [5, 5.41) is 16.9. The van der Waals surface area contributed by atoms with Crippen LogP contribution in [0.5, 0.6) is 0 Å². The Labute approximate surface area is 201 Å². The Morgan fingerprint density at radius 2 is 1.35 bits per heavy atom. The first-order valence-corrected chi connectivity index (χ1v) is 10.9. The van der Waals surface area contributed by atoms with Gasteiger partial charge in [0.1, 0.15) is 6.33 Å². The van der Waals surface area contributed by atoms with Crippen LogP contribution in [0.3, 0.4) is 0 Å². The molecular formula is C18H12Cl4N8S. The molecule has 0 spiro atoms. The first-order chi connectivity index (χ1) is 14.9. The molecule has 4 aromatic rings. The van der Waals surface area contributed by atoms with Gasteiger partial charge in [-0.3, -0.25) is 0 Å². The van der Waals surface area contributed by atoms with Gasteiger partial charge in [-0.25, -0.2) is 0 Å². The van der Waals surface area contributed by atoms with Gasteiger partial charge in [-0.1, -0.05) is 46.4 Å². The highest BCUT2D eigenvalue weighted by atomic mass is 35.5. The zero-order chi connectivity index (χ0) is 22.0. The van der Waals surface area contributed by atoms with Crippen LogP contribution in [-0.2, 0) is 7.05 Å². The van der Waals surface area contributed by atoms with Crippen LogP contribution < -0.4 is 10.6 Å². The fraction of sp³-hybridized carbons (Fsp3) is 0.0556. The van der Waals surface area contributed by atoms with E-state index >= 15 is 0 Å². The number of hydrogen-bond donors (Lipinski definition) is 2. The van der Waals surface area contributed by atoms with Gasteiger partial charge >= 0.3 is 0 Å². The van der Waals surface area contributed by atoms with Crippen molar-refractivity contribution in [2.24, 2.45) is 7.05 Å². The smallest absolute Gasteiger partial charge is 0.233 e. The van der Waals surface area contributed by atoms with E-state index in [1.807, 2.05) is 7.05 Å². The summed E-state index contributed by atoms with van der Waals surface area (Å²) in [5.74, 6) is 0.521. The van der Waals surface area contributed by atoms with Gasteiger partial charge in [0.15, 0.2) is 5.16 Å². The average Bonchev–Trinajstić information content (AvgIpc) is 3.11. The van der Waals surface area contributed by atoms with E-state index in [-0.39, 0.29) is 11.9 Å². The highest BCUT2D eigenvalue weighted by Gasteiger charge is 2.14. The van der Waals surface area contributed by atoms with Gasteiger partial charge in [0.05, 0.1) is 21.4 Å². The Hall–Kier alpha value is -2.30. The lowest BCUT2D eigenvalue weighted by Crippen LogP contribution is -2.06. The number of halogens is 4. The van der Waals surface area contributed by atoms with Crippen molar-refractivity contribution in [3.05, 3.63) is 62.8 Å². The molecule has 0 aliphatic rings. The standard InChI is InChI=1S/C18H12Cl4N8S/c1-30-8-23-29-18(30)31-17-27-15(24-13-4-2-9(19)6-11(13)21)26-16(28-17)25-14-5-3-10(20)7-12(14)22/h2-8H,1H3,(H2,24,25,26,27,28). The zero-order valence-corrected chi connectivity index (χ0v) is 19.5. The monoisotopic (exact) mass is 512 g/mol. The van der Waals surface area contributed by atoms with E-state index in [9.17, 15) is 0 Å². The van der Waals surface area contributed by atoms with Crippen LogP contribution in [0.15, 0.2) is 53.0 Å². The van der Waals surface area contributed by atoms with E-state index in [0.717, 1.165) is 0 Å². The first-order valence-electron chi connectivity index (χ1n) is 8.59. The highest BCUT2D eigenvalue weighted by Crippen LogP contribution is 2.31. The normalized spacial score (nSPS) is 10.9. The minimum atomic E-state index is 0.261. The lowest BCUT2D eigenvalue weighted by atomic mass is 10.3. The third kappa shape index (κ3) is 5.50. The number of benzene rings is 2. The van der Waals surface area contributed by atoms with Crippen molar-refractivity contribution in [3.8, 4) is 0 Å². The van der Waals surface area contributed by atoms with Gasteiger partial charge < -0.3 is 15.2 Å². The average molecular weight is 514 g/mol. The second-order valence-electron chi connectivity index (χ2n) is 6.09. The maximum Gasteiger partial charge on any atom is 0.233 e. The number of anilines is 4. The van der Waals surface area contributed by atoms with Crippen molar-refractivity contribution in [2.75, 3.05) is 10.6 Å². The predicted molar refractivity (Wildman–Crippen MR) is 124 cm³/mol. The second kappa shape index (κ2) is 9.46. The third-order valence-corrected chi connectivity index (χ3v) is 5.84. The van der Waals surface area contributed by atoms with E-state index in [4.69, 9.17) is 46.4 Å². The molecule has 31 heavy (non-hydrogen) atoms. The molecule has 2 heterocycles. The SMILES string of the molecule is Cn1cnnc1Sc1nc(Nc2ccc(Cl)cc2Cl)nc(Nc2ccc(Cl)cc2Cl)n1. The minimum Gasteiger partial charge on any atom is -0.323 e. The van der Waals surface area contributed by atoms with Crippen LogP contribution in [0, 0.1) is 0 Å². The molecule has 158 valence electrons. The van der Waals surface area contributed by atoms with Crippen LogP contribution >= 0.6 is 58.2 Å². The van der Waals surface area contributed by atoms with Gasteiger partial charge in [-0.15, -0.1) is 10.2 Å². The Balaban J connectivity index is 1.69. The predicted octanol–water partition coefficient (Wildman–Crippen LogP) is 6.25. The molecule has 2 N–H and O–H groups in total. The molecule has 0 saturated carbocycles. The lowest BCUT2D eigenvalue weighted by Gasteiger charge is -2.12. The Bertz CT molecular complexity index is 1180. The summed E-state index contributed by atoms with van der Waals surface area (Å²) in [4.78, 5) is 13.3. The molecule has 0 radical (unpaired) electrons. The summed E-state index contributed by atoms with van der Waals surface area (Å²) >= 11 is 25.7. The zero-order valence-electron chi connectivity index (χ0n) is 15.6. The van der Waals surface area contributed by atoms with Crippen molar-refractivity contribution in [1.82, 2.24) is 29.7 Å². The van der Waals surface area contributed by atoms with Crippen LogP contribution in [0.25, 0.3) is 0 Å². The van der Waals surface area contributed by atoms with E-state index < -0.39 is 0 Å². The Morgan fingerprint density at radius 1 is 0.806 bits per heavy atom. The van der Waals surface area contributed by atoms with Crippen LogP contribution in [0.4, 0.5) is 23.3 Å². The summed E-state index contributed by atoms with van der Waals surface area (Å²) in [6.45, 7) is 0. The molecule has 8 nitrogen and oxygen atoms in total. The van der Waals surface area contributed by atoms with Gasteiger partial charge in [0.2, 0.25) is 17.1 Å². The van der Waals surface area contributed by atoms with E-state index in [0.29, 0.717) is 41.8 Å². The summed E-state index contributed by atoms with van der Waals surface area (Å²) < 4.78 is 1.75. The summed E-state index contributed by atoms with van der Waals surface area (Å²) in [6.07, 6.45) is 1.59. The quantitative estimate of drug-likeness (QED) is 0.312. The minimum absolute atomic E-state index is 0.261. The molecule has 0 fully saturated rings. The molecule has 13 heteroatoms. The van der Waals surface area contributed by atoms with E-state index in [1.165, 1.54) is 11.8 Å². The largest absolute Gasteiger partial charge is 0.323 e. The van der Waals surface area contributed by atoms with E-state index in [1.54, 1.807) is 47.3 Å². The third-order valence-electron chi connectivity index (χ3n) is 3.82. The molecular weight excluding hydrogens is 502 g/mol. The highest BCUT2D eigenvalue weighted by molar-refractivity contribution is 7.99. The first kappa shape index (κ1) is 21.9. The molecule has 0 saturated heterocycles. The van der Waals surface area contributed by atoms with Crippen LogP contribution in [0.2, 0.25) is 20.1 Å². The van der Waals surface area contributed by atoms with E-state index in [2.05, 4.69) is 35.8 Å². The van der Waals surface area contributed by atoms with Crippen molar-refractivity contribution >= 4 is 81.4 Å². The van der Waals surface area contributed by atoms with Crippen LogP contribution in [-0.4, -0.2) is 29.7 Å². The second-order valence-corrected chi connectivity index (χ2v) is 8.71. The van der Waals surface area contributed by atoms with Gasteiger partial charge in [-0.2, -0.15) is 15.0 Å². The van der Waals surface area contributed by atoms with Crippen molar-refractivity contribution in [2.45, 2.75) is 10.3 Å². The Kier molecular flexibility index (Phi) is 6.68. The molecule has 0 aliphatic heterocycles. The molecule has 0 atom stereocenters. The van der Waals surface area contributed by atoms with Crippen LogP contribution in [0.1, 0.15) is 0 Å². The number of nitrogens with one attached hydrogen (secondary N) is 2. The fourth-order valence-corrected chi connectivity index (χ4v) is 4.00. The molecule has 0 amide bonds. The van der Waals surface area contributed by atoms with Gasteiger partial charge in [0.25, 0.3) is 0 Å². The summed E-state index contributed by atoms with van der Waals surface area (Å²) in [6, 6.07) is 10.1. The number of aromatic nitrogens is 6. The summed E-state index contributed by atoms with van der Waals surface area (Å²) in [7, 11) is 1.82. The fourth-order valence-electron chi connectivity index (χ4n) is 2.38. The van der Waals surface area contributed by atoms with Crippen molar-refractivity contribution < 1.29 is 0 Å². The number of rotatable bonds is 6. The molecule has 4 rings (SSSR count). The molecule has 2 aromatic heterocycles. The van der Waals surface area contributed by atoms with Gasteiger partial charge in [0, 0.05) is 17.1 Å². The van der Waals surface area contributed by atoms with Crippen molar-refractivity contribution in [1.29, 1.82) is 0 Å². The molecule has 0 aliphatic carbocycles. The summed E-state index contributed by atoms with van der Waals surface area (Å²) in [5.41, 5.74) is 1.17.